The molecule has 0 aliphatic carbocycles. The molecule has 8 heteroatoms. The molecule has 6 nitrogen and oxygen atoms in total. The van der Waals surface area contributed by atoms with Crippen LogP contribution in [0.1, 0.15) is 31.2 Å². The fraction of sp³-hybridized carbons (Fsp3) is 0.524. The quantitative estimate of drug-likeness (QED) is 0.722. The molecule has 1 aliphatic rings. The molecule has 1 aromatic heterocycles. The Morgan fingerprint density at radius 2 is 1.90 bits per heavy atom. The Labute approximate surface area is 181 Å². The smallest absolute Gasteiger partial charge is 0.410 e. The van der Waals surface area contributed by atoms with Crippen molar-refractivity contribution in [3.63, 3.8) is 0 Å². The number of rotatable bonds is 6. The molecule has 0 bridgehead atoms. The van der Waals surface area contributed by atoms with E-state index in [-0.39, 0.29) is 6.09 Å². The number of aromatic nitrogens is 1. The zero-order valence-corrected chi connectivity index (χ0v) is 18.9. The van der Waals surface area contributed by atoms with Crippen molar-refractivity contribution in [1.82, 2.24) is 14.8 Å². The minimum absolute atomic E-state index is 0.208. The van der Waals surface area contributed by atoms with E-state index in [4.69, 9.17) is 16.3 Å². The van der Waals surface area contributed by atoms with Gasteiger partial charge in [0.2, 0.25) is 0 Å². The standard InChI is InChI=1S/C21H29ClN4O2S/c1-21(2,3)28-20(27)26-12-10-25(11-13-26)9-8-16-4-6-17(7-5-16)23-14-18-15-24-19(22)29-18/h4-7,15,23H,8-14H2,1-3H3. The number of carbonyl (C=O) groups is 1. The van der Waals surface area contributed by atoms with Crippen LogP contribution >= 0.6 is 22.9 Å². The van der Waals surface area contributed by atoms with Crippen LogP contribution in [0.15, 0.2) is 30.5 Å². The molecule has 1 saturated heterocycles. The second kappa shape index (κ2) is 9.78. The Bertz CT molecular complexity index is 796. The highest BCUT2D eigenvalue weighted by molar-refractivity contribution is 7.15. The number of nitrogens with zero attached hydrogens (tertiary/aromatic N) is 3. The molecular weight excluding hydrogens is 408 g/mol. The fourth-order valence-corrected chi connectivity index (χ4v) is 4.03. The summed E-state index contributed by atoms with van der Waals surface area (Å²) in [5.41, 5.74) is 1.96. The van der Waals surface area contributed by atoms with E-state index in [1.54, 1.807) is 11.1 Å². The molecule has 0 unspecified atom stereocenters. The second-order valence-corrected chi connectivity index (χ2v) is 9.89. The van der Waals surface area contributed by atoms with Gasteiger partial charge in [-0.05, 0) is 44.9 Å². The Morgan fingerprint density at radius 1 is 1.21 bits per heavy atom. The molecule has 1 aromatic carbocycles. The van der Waals surface area contributed by atoms with Crippen LogP contribution in [0.5, 0.6) is 0 Å². The highest BCUT2D eigenvalue weighted by Crippen LogP contribution is 2.19. The van der Waals surface area contributed by atoms with Crippen LogP contribution in [0.4, 0.5) is 10.5 Å². The van der Waals surface area contributed by atoms with E-state index in [0.29, 0.717) is 4.47 Å². The summed E-state index contributed by atoms with van der Waals surface area (Å²) in [5, 5.41) is 3.39. The molecule has 2 aromatic rings. The van der Waals surface area contributed by atoms with Crippen LogP contribution in [0.25, 0.3) is 0 Å². The highest BCUT2D eigenvalue weighted by Gasteiger charge is 2.25. The van der Waals surface area contributed by atoms with Crippen molar-refractivity contribution in [1.29, 1.82) is 0 Å². The van der Waals surface area contributed by atoms with Crippen molar-refractivity contribution in [2.75, 3.05) is 38.0 Å². The lowest BCUT2D eigenvalue weighted by atomic mass is 10.1. The maximum absolute atomic E-state index is 12.1. The largest absolute Gasteiger partial charge is 0.444 e. The van der Waals surface area contributed by atoms with Crippen LogP contribution in [-0.4, -0.2) is 59.2 Å². The first kappa shape index (κ1) is 21.9. The third-order valence-corrected chi connectivity index (χ3v) is 5.80. The molecule has 0 saturated carbocycles. The lowest BCUT2D eigenvalue weighted by Gasteiger charge is -2.35. The summed E-state index contributed by atoms with van der Waals surface area (Å²) in [6, 6.07) is 8.55. The summed E-state index contributed by atoms with van der Waals surface area (Å²) in [7, 11) is 0. The Hall–Kier alpha value is -1.83. The average Bonchev–Trinajstić information content (AvgIpc) is 3.10. The third kappa shape index (κ3) is 7.17. The first-order valence-corrected chi connectivity index (χ1v) is 11.1. The Morgan fingerprint density at radius 3 is 2.48 bits per heavy atom. The second-order valence-electron chi connectivity index (χ2n) is 8.19. The number of nitrogens with one attached hydrogen (secondary N) is 1. The van der Waals surface area contributed by atoms with Gasteiger partial charge < -0.3 is 15.0 Å². The summed E-state index contributed by atoms with van der Waals surface area (Å²) in [6.07, 6.45) is 2.59. The van der Waals surface area contributed by atoms with Crippen LogP contribution < -0.4 is 5.32 Å². The molecule has 0 radical (unpaired) electrons. The number of hydrogen-bond acceptors (Lipinski definition) is 6. The van der Waals surface area contributed by atoms with Crippen molar-refractivity contribution < 1.29 is 9.53 Å². The van der Waals surface area contributed by atoms with Gasteiger partial charge >= 0.3 is 6.09 Å². The maximum Gasteiger partial charge on any atom is 0.410 e. The lowest BCUT2D eigenvalue weighted by molar-refractivity contribution is 0.0146. The van der Waals surface area contributed by atoms with E-state index in [2.05, 4.69) is 39.5 Å². The average molecular weight is 437 g/mol. The van der Waals surface area contributed by atoms with Gasteiger partial charge in [0.25, 0.3) is 0 Å². The van der Waals surface area contributed by atoms with Gasteiger partial charge in [0.15, 0.2) is 4.47 Å². The van der Waals surface area contributed by atoms with Crippen molar-refractivity contribution >= 4 is 34.7 Å². The van der Waals surface area contributed by atoms with Crippen LogP contribution in [0.2, 0.25) is 4.47 Å². The normalized spacial score (nSPS) is 15.4. The van der Waals surface area contributed by atoms with E-state index in [9.17, 15) is 4.79 Å². The molecule has 3 rings (SSSR count). The topological polar surface area (TPSA) is 57.7 Å². The number of piperazine rings is 1. The minimum Gasteiger partial charge on any atom is -0.444 e. The van der Waals surface area contributed by atoms with Gasteiger partial charge in [0.1, 0.15) is 5.60 Å². The zero-order valence-electron chi connectivity index (χ0n) is 17.3. The van der Waals surface area contributed by atoms with E-state index < -0.39 is 5.60 Å². The molecule has 1 fully saturated rings. The maximum atomic E-state index is 12.1. The number of hydrogen-bond donors (Lipinski definition) is 1. The molecule has 29 heavy (non-hydrogen) atoms. The van der Waals surface area contributed by atoms with Gasteiger partial charge in [0, 0.05) is 49.5 Å². The molecule has 2 heterocycles. The van der Waals surface area contributed by atoms with Crippen molar-refractivity contribution in [3.05, 3.63) is 45.4 Å². The molecule has 0 spiro atoms. The first-order valence-electron chi connectivity index (χ1n) is 9.92. The lowest BCUT2D eigenvalue weighted by Crippen LogP contribution is -2.50. The number of amides is 1. The minimum atomic E-state index is -0.442. The Balaban J connectivity index is 1.38. The number of carbonyl (C=O) groups excluding carboxylic acids is 1. The zero-order chi connectivity index (χ0) is 20.9. The van der Waals surface area contributed by atoms with Crippen LogP contribution in [0, 0.1) is 0 Å². The number of anilines is 1. The van der Waals surface area contributed by atoms with Crippen LogP contribution in [0.3, 0.4) is 0 Å². The molecule has 0 atom stereocenters. The number of thiazole rings is 1. The molecule has 158 valence electrons. The SMILES string of the molecule is CC(C)(C)OC(=O)N1CCN(CCc2ccc(NCc3cnc(Cl)s3)cc2)CC1. The van der Waals surface area contributed by atoms with E-state index in [0.717, 1.165) is 56.3 Å². The summed E-state index contributed by atoms with van der Waals surface area (Å²) < 4.78 is 6.03. The number of halogens is 1. The first-order chi connectivity index (χ1) is 13.8. The highest BCUT2D eigenvalue weighted by atomic mass is 35.5. The van der Waals surface area contributed by atoms with E-state index >= 15 is 0 Å². The predicted octanol–water partition coefficient (Wildman–Crippen LogP) is 4.50. The van der Waals surface area contributed by atoms with Gasteiger partial charge in [-0.2, -0.15) is 0 Å². The Kier molecular flexibility index (Phi) is 7.38. The summed E-state index contributed by atoms with van der Waals surface area (Å²) in [4.78, 5) is 21.5. The summed E-state index contributed by atoms with van der Waals surface area (Å²) in [6.45, 7) is 10.6. The van der Waals surface area contributed by atoms with Gasteiger partial charge in [-0.25, -0.2) is 9.78 Å². The predicted molar refractivity (Wildman–Crippen MR) is 119 cm³/mol. The summed E-state index contributed by atoms with van der Waals surface area (Å²) in [5.74, 6) is 0. The molecule has 1 N–H and O–H groups in total. The van der Waals surface area contributed by atoms with Gasteiger partial charge in [-0.1, -0.05) is 23.7 Å². The molecule has 1 aliphatic heterocycles. The number of ether oxygens (including phenoxy) is 1. The van der Waals surface area contributed by atoms with Crippen molar-refractivity contribution in [2.45, 2.75) is 39.3 Å². The molecular formula is C21H29ClN4O2S. The summed E-state index contributed by atoms with van der Waals surface area (Å²) >= 11 is 7.35. The fourth-order valence-electron chi connectivity index (χ4n) is 3.11. The third-order valence-electron chi connectivity index (χ3n) is 4.69. The van der Waals surface area contributed by atoms with E-state index in [1.807, 2.05) is 20.8 Å². The van der Waals surface area contributed by atoms with Crippen molar-refractivity contribution in [2.24, 2.45) is 0 Å². The van der Waals surface area contributed by atoms with E-state index in [1.165, 1.54) is 16.9 Å². The van der Waals surface area contributed by atoms with Gasteiger partial charge in [-0.15, -0.1) is 11.3 Å². The van der Waals surface area contributed by atoms with Crippen LogP contribution in [-0.2, 0) is 17.7 Å². The molecule has 1 amide bonds. The van der Waals surface area contributed by atoms with Gasteiger partial charge in [0.05, 0.1) is 6.54 Å². The van der Waals surface area contributed by atoms with Gasteiger partial charge in [-0.3, -0.25) is 4.90 Å². The van der Waals surface area contributed by atoms with Crippen molar-refractivity contribution in [3.8, 4) is 0 Å². The monoisotopic (exact) mass is 436 g/mol. The number of benzene rings is 1.